The Kier molecular flexibility index (Phi) is 3.04. The van der Waals surface area contributed by atoms with E-state index in [1.807, 2.05) is 0 Å². The first-order valence-corrected chi connectivity index (χ1v) is 7.31. The van der Waals surface area contributed by atoms with E-state index < -0.39 is 0 Å². The third-order valence-electron chi connectivity index (χ3n) is 4.66. The number of hydrogen-bond acceptors (Lipinski definition) is 3. The predicted molar refractivity (Wildman–Crippen MR) is 74.1 cm³/mol. The predicted octanol–water partition coefficient (Wildman–Crippen LogP) is 2.05. The van der Waals surface area contributed by atoms with Crippen LogP contribution < -0.4 is 0 Å². The van der Waals surface area contributed by atoms with Gasteiger partial charge in [-0.3, -0.25) is 9.89 Å². The fourth-order valence-corrected chi connectivity index (χ4v) is 3.49. The number of aromatic amines is 1. The van der Waals surface area contributed by atoms with Gasteiger partial charge in [0.05, 0.1) is 6.07 Å². The summed E-state index contributed by atoms with van der Waals surface area (Å²) in [7, 11) is 0. The molecule has 5 nitrogen and oxygen atoms in total. The minimum Gasteiger partial charge on any atom is -0.321 e. The number of aromatic nitrogens is 2. The van der Waals surface area contributed by atoms with Gasteiger partial charge in [-0.1, -0.05) is 13.8 Å². The second-order valence-electron chi connectivity index (χ2n) is 6.51. The van der Waals surface area contributed by atoms with Gasteiger partial charge in [0.25, 0.3) is 5.91 Å². The molecule has 1 aromatic heterocycles. The highest BCUT2D eigenvalue weighted by Gasteiger charge is 2.41. The maximum Gasteiger partial charge on any atom is 0.275 e. The number of H-pyrrole nitrogens is 1. The van der Waals surface area contributed by atoms with Gasteiger partial charge in [0.15, 0.2) is 5.69 Å². The van der Waals surface area contributed by atoms with Crippen LogP contribution >= 0.6 is 0 Å². The van der Waals surface area contributed by atoms with E-state index in [-0.39, 0.29) is 17.4 Å². The van der Waals surface area contributed by atoms with E-state index in [1.165, 1.54) is 0 Å². The van der Waals surface area contributed by atoms with Crippen molar-refractivity contribution in [1.29, 1.82) is 5.26 Å². The summed E-state index contributed by atoms with van der Waals surface area (Å²) in [6, 6.07) is 1.96. The third kappa shape index (κ3) is 1.91. The number of rotatable bonds is 1. The van der Waals surface area contributed by atoms with Gasteiger partial charge >= 0.3 is 0 Å². The largest absolute Gasteiger partial charge is 0.321 e. The van der Waals surface area contributed by atoms with E-state index in [0.29, 0.717) is 12.2 Å². The number of likely N-dealkylation sites (tertiary alicyclic amines) is 1. The van der Waals surface area contributed by atoms with Crippen LogP contribution in [-0.4, -0.2) is 33.6 Å². The van der Waals surface area contributed by atoms with Gasteiger partial charge in [0, 0.05) is 17.8 Å². The van der Waals surface area contributed by atoms with E-state index in [0.717, 1.165) is 43.4 Å². The van der Waals surface area contributed by atoms with E-state index in [4.69, 9.17) is 0 Å². The summed E-state index contributed by atoms with van der Waals surface area (Å²) in [5.74, 6) is -0.0799. The minimum absolute atomic E-state index is 0.0799. The molecule has 2 aliphatic rings. The van der Waals surface area contributed by atoms with Crippen molar-refractivity contribution in [2.45, 2.75) is 52.0 Å². The molecule has 0 aromatic carbocycles. The molecule has 3 rings (SSSR count). The molecule has 0 spiro atoms. The highest BCUT2D eigenvalue weighted by Crippen LogP contribution is 2.36. The van der Waals surface area contributed by atoms with E-state index in [1.54, 1.807) is 4.90 Å². The van der Waals surface area contributed by atoms with Gasteiger partial charge in [-0.15, -0.1) is 0 Å². The lowest BCUT2D eigenvalue weighted by molar-refractivity contribution is 0.0431. The Bertz CT molecular complexity index is 581. The van der Waals surface area contributed by atoms with Crippen molar-refractivity contribution in [1.82, 2.24) is 15.1 Å². The Morgan fingerprint density at radius 2 is 2.25 bits per heavy atom. The zero-order chi connectivity index (χ0) is 14.3. The summed E-state index contributed by atoms with van der Waals surface area (Å²) < 4.78 is 0. The van der Waals surface area contributed by atoms with Gasteiger partial charge in [-0.25, -0.2) is 0 Å². The van der Waals surface area contributed by atoms with Crippen LogP contribution in [0.5, 0.6) is 0 Å². The molecule has 1 aliphatic heterocycles. The Morgan fingerprint density at radius 3 is 3.00 bits per heavy atom. The Hall–Kier alpha value is -1.83. The number of aryl methyl sites for hydroxylation is 1. The zero-order valence-corrected chi connectivity index (χ0v) is 12.1. The second kappa shape index (κ2) is 4.62. The van der Waals surface area contributed by atoms with Crippen molar-refractivity contribution >= 4 is 5.91 Å². The minimum atomic E-state index is -0.363. The fraction of sp³-hybridized carbons (Fsp3) is 0.667. The maximum atomic E-state index is 12.8. The van der Waals surface area contributed by atoms with Gasteiger partial charge in [-0.2, -0.15) is 10.4 Å². The molecule has 1 aromatic rings. The first-order chi connectivity index (χ1) is 9.54. The number of nitrogens with zero attached hydrogens (tertiary/aromatic N) is 3. The fourth-order valence-electron chi connectivity index (χ4n) is 3.49. The maximum absolute atomic E-state index is 12.8. The molecule has 0 unspecified atom stereocenters. The number of nitriles is 1. The summed E-state index contributed by atoms with van der Waals surface area (Å²) in [5, 5.41) is 16.6. The summed E-state index contributed by atoms with van der Waals surface area (Å²) >= 11 is 0. The summed E-state index contributed by atoms with van der Waals surface area (Å²) in [4.78, 5) is 14.5. The van der Waals surface area contributed by atoms with Crippen LogP contribution in [-0.2, 0) is 12.8 Å². The highest BCUT2D eigenvalue weighted by atomic mass is 16.2. The number of hydrogen-bond donors (Lipinski definition) is 1. The molecule has 1 atom stereocenters. The number of piperidine rings is 1. The van der Waals surface area contributed by atoms with Crippen LogP contribution in [0.1, 0.15) is 54.9 Å². The van der Waals surface area contributed by atoms with Crippen molar-refractivity contribution in [3.8, 4) is 6.07 Å². The molecule has 2 heterocycles. The van der Waals surface area contributed by atoms with Crippen LogP contribution in [0.3, 0.4) is 0 Å². The molecule has 1 N–H and O–H groups in total. The van der Waals surface area contributed by atoms with Crippen molar-refractivity contribution in [3.05, 3.63) is 17.0 Å². The monoisotopic (exact) mass is 272 g/mol. The molecule has 1 amide bonds. The average Bonchev–Trinajstić information content (AvgIpc) is 2.98. The van der Waals surface area contributed by atoms with E-state index >= 15 is 0 Å². The normalized spacial score (nSPS) is 24.2. The third-order valence-corrected chi connectivity index (χ3v) is 4.66. The van der Waals surface area contributed by atoms with Crippen LogP contribution in [0.15, 0.2) is 0 Å². The number of carbonyl (C=O) groups is 1. The summed E-state index contributed by atoms with van der Waals surface area (Å²) in [6.07, 6.45) is 4.90. The Balaban J connectivity index is 1.91. The van der Waals surface area contributed by atoms with Gasteiger partial charge in [0.2, 0.25) is 0 Å². The second-order valence-corrected chi connectivity index (χ2v) is 6.51. The number of carbonyl (C=O) groups excluding carboxylic acids is 1. The SMILES string of the molecule is CC1(C)CCCN(C(=O)c2n[nH]c3c2CCC3)[C@@H]1C#N. The lowest BCUT2D eigenvalue weighted by Gasteiger charge is -2.42. The molecule has 0 radical (unpaired) electrons. The number of nitrogens with one attached hydrogen (secondary N) is 1. The lowest BCUT2D eigenvalue weighted by Crippen LogP contribution is -2.51. The van der Waals surface area contributed by atoms with Crippen LogP contribution in [0, 0.1) is 16.7 Å². The topological polar surface area (TPSA) is 72.8 Å². The Labute approximate surface area is 119 Å². The summed E-state index contributed by atoms with van der Waals surface area (Å²) in [6.45, 7) is 4.78. The van der Waals surface area contributed by atoms with Crippen LogP contribution in [0.25, 0.3) is 0 Å². The van der Waals surface area contributed by atoms with Gasteiger partial charge in [0.1, 0.15) is 6.04 Å². The molecule has 1 saturated heterocycles. The van der Waals surface area contributed by atoms with Gasteiger partial charge in [-0.05, 0) is 37.5 Å². The highest BCUT2D eigenvalue weighted by molar-refractivity contribution is 5.94. The number of amides is 1. The van der Waals surface area contributed by atoms with Crippen molar-refractivity contribution in [3.63, 3.8) is 0 Å². The van der Waals surface area contributed by atoms with E-state index in [2.05, 4.69) is 30.1 Å². The molecule has 1 aliphatic carbocycles. The molecule has 0 bridgehead atoms. The quantitative estimate of drug-likeness (QED) is 0.850. The van der Waals surface area contributed by atoms with Crippen molar-refractivity contribution < 1.29 is 4.79 Å². The smallest absolute Gasteiger partial charge is 0.275 e. The van der Waals surface area contributed by atoms with Crippen molar-refractivity contribution in [2.75, 3.05) is 6.54 Å². The molecule has 1 fully saturated rings. The first-order valence-electron chi connectivity index (χ1n) is 7.31. The summed E-state index contributed by atoms with van der Waals surface area (Å²) in [5.41, 5.74) is 2.55. The standard InChI is InChI=1S/C15H20N4O/c1-15(2)7-4-8-19(12(15)9-16)14(20)13-10-5-3-6-11(10)17-18-13/h12H,3-8H2,1-2H3,(H,17,18)/t12-/m1/s1. The molecular weight excluding hydrogens is 252 g/mol. The molecule has 106 valence electrons. The molecule has 20 heavy (non-hydrogen) atoms. The average molecular weight is 272 g/mol. The zero-order valence-electron chi connectivity index (χ0n) is 12.1. The molecular formula is C15H20N4O. The molecule has 5 heteroatoms. The Morgan fingerprint density at radius 1 is 1.45 bits per heavy atom. The first kappa shape index (κ1) is 13.2. The van der Waals surface area contributed by atoms with E-state index in [9.17, 15) is 10.1 Å². The number of fused-ring (bicyclic) bond motifs is 1. The van der Waals surface area contributed by atoms with Crippen LogP contribution in [0.2, 0.25) is 0 Å². The van der Waals surface area contributed by atoms with Crippen LogP contribution in [0.4, 0.5) is 0 Å². The molecule has 0 saturated carbocycles. The van der Waals surface area contributed by atoms with Gasteiger partial charge < -0.3 is 4.90 Å². The lowest BCUT2D eigenvalue weighted by atomic mass is 9.77. The van der Waals surface area contributed by atoms with Crippen molar-refractivity contribution in [2.24, 2.45) is 5.41 Å².